The number of rotatable bonds is 5. The van der Waals surface area contributed by atoms with Gasteiger partial charge < -0.3 is 10.2 Å². The van der Waals surface area contributed by atoms with E-state index in [4.69, 9.17) is 15.1 Å². The summed E-state index contributed by atoms with van der Waals surface area (Å²) in [6, 6.07) is 7.19. The van der Waals surface area contributed by atoms with E-state index < -0.39 is 23.6 Å². The molecule has 3 aromatic heterocycles. The topological polar surface area (TPSA) is 88.8 Å². The molecule has 6 rings (SSSR count). The van der Waals surface area contributed by atoms with Crippen LogP contribution < -0.4 is 10.2 Å². The van der Waals surface area contributed by atoms with Gasteiger partial charge in [0.1, 0.15) is 5.92 Å². The third-order valence-electron chi connectivity index (χ3n) is 7.11. The van der Waals surface area contributed by atoms with E-state index in [0.717, 1.165) is 43.5 Å². The molecule has 1 aliphatic heterocycles. The number of carbonyl (C=O) groups excluding carboxylic acids is 1. The molecule has 1 amide bonds. The number of alkyl halides is 3. The largest absolute Gasteiger partial charge is 0.416 e. The van der Waals surface area contributed by atoms with Crippen LogP contribution in [0, 0.1) is 0 Å². The number of hydrogen-bond donors (Lipinski definition) is 1. The van der Waals surface area contributed by atoms with E-state index >= 15 is 0 Å². The average Bonchev–Trinajstić information content (AvgIpc) is 3.62. The van der Waals surface area contributed by atoms with E-state index in [1.54, 1.807) is 18.5 Å². The Bertz CT molecular complexity index is 1480. The molecule has 0 radical (unpaired) electrons. The van der Waals surface area contributed by atoms with Crippen LogP contribution in [-0.2, 0) is 11.0 Å². The van der Waals surface area contributed by atoms with E-state index in [-0.39, 0.29) is 11.6 Å². The van der Waals surface area contributed by atoms with Crippen molar-refractivity contribution in [2.45, 2.75) is 50.7 Å². The monoisotopic (exact) mass is 507 g/mol. The number of pyridine rings is 1. The highest BCUT2D eigenvalue weighted by atomic mass is 19.4. The first kappa shape index (κ1) is 23.4. The minimum absolute atomic E-state index is 0.215. The Balaban J connectivity index is 1.55. The Labute approximate surface area is 210 Å². The van der Waals surface area contributed by atoms with Crippen LogP contribution in [0.25, 0.3) is 11.0 Å². The van der Waals surface area contributed by atoms with Gasteiger partial charge in [-0.15, -0.1) is 0 Å². The van der Waals surface area contributed by atoms with Crippen LogP contribution in [-0.4, -0.2) is 37.2 Å². The lowest BCUT2D eigenvalue weighted by molar-refractivity contribution is -0.137. The smallest absolute Gasteiger partial charge is 0.325 e. The molecular formula is C26H24F3N7O. The second-order valence-corrected chi connectivity index (χ2v) is 9.37. The van der Waals surface area contributed by atoms with E-state index in [1.807, 2.05) is 28.8 Å². The van der Waals surface area contributed by atoms with Crippen molar-refractivity contribution in [3.63, 3.8) is 0 Å². The lowest BCUT2D eigenvalue weighted by Gasteiger charge is -2.22. The molecule has 1 saturated carbocycles. The zero-order valence-corrected chi connectivity index (χ0v) is 20.0. The van der Waals surface area contributed by atoms with Crippen LogP contribution in [0.15, 0.2) is 48.9 Å². The van der Waals surface area contributed by atoms with Crippen LogP contribution in [0.1, 0.15) is 61.4 Å². The molecular weight excluding hydrogens is 483 g/mol. The van der Waals surface area contributed by atoms with Gasteiger partial charge in [-0.2, -0.15) is 23.3 Å². The van der Waals surface area contributed by atoms with E-state index in [2.05, 4.69) is 10.3 Å². The van der Waals surface area contributed by atoms with Gasteiger partial charge in [-0.25, -0.2) is 4.98 Å². The molecule has 1 unspecified atom stereocenters. The number of nitrogens with zero attached hydrogens (tertiary/aromatic N) is 6. The van der Waals surface area contributed by atoms with Gasteiger partial charge in [-0.3, -0.25) is 14.5 Å². The predicted molar refractivity (Wildman–Crippen MR) is 132 cm³/mol. The summed E-state index contributed by atoms with van der Waals surface area (Å²) in [5.74, 6) is -1.16. The van der Waals surface area contributed by atoms with Gasteiger partial charge in [0.2, 0.25) is 11.9 Å². The summed E-state index contributed by atoms with van der Waals surface area (Å²) in [6.07, 6.45) is 4.83. The summed E-state index contributed by atoms with van der Waals surface area (Å²) < 4.78 is 42.6. The third-order valence-corrected chi connectivity index (χ3v) is 7.11. The molecule has 1 aromatic carbocycles. The van der Waals surface area contributed by atoms with Gasteiger partial charge in [-0.1, -0.05) is 12.8 Å². The Morgan fingerprint density at radius 2 is 1.97 bits per heavy atom. The van der Waals surface area contributed by atoms with Gasteiger partial charge in [-0.05, 0) is 55.7 Å². The fourth-order valence-electron chi connectivity index (χ4n) is 5.29. The average molecular weight is 508 g/mol. The summed E-state index contributed by atoms with van der Waals surface area (Å²) in [6.45, 7) is 2.44. The number of nitrogens with one attached hydrogen (secondary N) is 1. The molecule has 4 aromatic rings. The van der Waals surface area contributed by atoms with Gasteiger partial charge in [0.05, 0.1) is 34.6 Å². The molecule has 0 spiro atoms. The fraction of sp³-hybridized carbons (Fsp3) is 0.346. The van der Waals surface area contributed by atoms with Crippen molar-refractivity contribution in [3.05, 3.63) is 65.7 Å². The summed E-state index contributed by atoms with van der Waals surface area (Å²) in [5.41, 5.74) is 1.26. The van der Waals surface area contributed by atoms with Crippen LogP contribution in [0.2, 0.25) is 0 Å². The lowest BCUT2D eigenvalue weighted by atomic mass is 9.93. The summed E-state index contributed by atoms with van der Waals surface area (Å²) >= 11 is 0. The van der Waals surface area contributed by atoms with Crippen molar-refractivity contribution in [3.8, 4) is 0 Å². The van der Waals surface area contributed by atoms with Crippen molar-refractivity contribution < 1.29 is 18.0 Å². The minimum atomic E-state index is -4.54. The molecule has 4 heterocycles. The van der Waals surface area contributed by atoms with Gasteiger partial charge in [0.25, 0.3) is 0 Å². The molecule has 8 nitrogen and oxygen atoms in total. The molecule has 0 bridgehead atoms. The van der Waals surface area contributed by atoms with Gasteiger partial charge in [0.15, 0.2) is 5.65 Å². The first-order valence-corrected chi connectivity index (χ1v) is 12.3. The molecule has 11 heteroatoms. The minimum Gasteiger partial charge on any atom is -0.325 e. The number of halogens is 3. The number of aromatic nitrogens is 5. The number of anilines is 3. The Morgan fingerprint density at radius 3 is 2.68 bits per heavy atom. The molecule has 1 N–H and O–H groups in total. The summed E-state index contributed by atoms with van der Waals surface area (Å²) in [4.78, 5) is 28.8. The maximum Gasteiger partial charge on any atom is 0.416 e. The summed E-state index contributed by atoms with van der Waals surface area (Å²) in [5, 5.41) is 8.03. The number of fused-ring (bicyclic) bond motifs is 2. The summed E-state index contributed by atoms with van der Waals surface area (Å²) in [7, 11) is 0. The molecule has 2 aliphatic rings. The molecule has 190 valence electrons. The SMILES string of the molecule is CCN(c1cccnc1)c1nc(C2C(=O)Nc3ccc(C(F)(F)F)cc32)c2cn(C3CCCC3)nc2n1. The van der Waals surface area contributed by atoms with Crippen LogP contribution in [0.5, 0.6) is 0 Å². The third kappa shape index (κ3) is 4.08. The molecule has 37 heavy (non-hydrogen) atoms. The normalized spacial score (nSPS) is 17.8. The predicted octanol–water partition coefficient (Wildman–Crippen LogP) is 5.60. The Hall–Kier alpha value is -4.02. The number of amides is 1. The standard InChI is InChI=1S/C26H24F3N7O/c1-2-35(17-8-5-11-30-13-17)25-32-22(19-14-36(34-23(19)33-25)16-6-3-4-7-16)21-18-12-15(26(27,28)29)9-10-20(18)31-24(21)37/h5,8-14,16,21H,2-4,6-7H2,1H3,(H,31,37). The van der Waals surface area contributed by atoms with Gasteiger partial charge in [0, 0.05) is 24.6 Å². The molecule has 1 atom stereocenters. The van der Waals surface area contributed by atoms with Crippen molar-refractivity contribution in [1.82, 2.24) is 24.7 Å². The molecule has 1 fully saturated rings. The van der Waals surface area contributed by atoms with Crippen molar-refractivity contribution in [1.29, 1.82) is 0 Å². The zero-order chi connectivity index (χ0) is 25.7. The molecule has 1 aliphatic carbocycles. The van der Waals surface area contributed by atoms with Crippen molar-refractivity contribution >= 4 is 34.3 Å². The highest BCUT2D eigenvalue weighted by molar-refractivity contribution is 6.06. The molecule has 0 saturated heterocycles. The van der Waals surface area contributed by atoms with E-state index in [9.17, 15) is 18.0 Å². The first-order valence-electron chi connectivity index (χ1n) is 12.3. The highest BCUT2D eigenvalue weighted by Gasteiger charge is 2.39. The number of benzene rings is 1. The van der Waals surface area contributed by atoms with E-state index in [0.29, 0.717) is 34.9 Å². The van der Waals surface area contributed by atoms with Crippen molar-refractivity contribution in [2.75, 3.05) is 16.8 Å². The zero-order valence-electron chi connectivity index (χ0n) is 20.0. The van der Waals surface area contributed by atoms with Crippen LogP contribution >= 0.6 is 0 Å². The first-order chi connectivity index (χ1) is 17.8. The Morgan fingerprint density at radius 1 is 1.16 bits per heavy atom. The fourth-order valence-corrected chi connectivity index (χ4v) is 5.29. The second kappa shape index (κ2) is 8.82. The van der Waals surface area contributed by atoms with Crippen LogP contribution in [0.4, 0.5) is 30.5 Å². The van der Waals surface area contributed by atoms with E-state index in [1.165, 1.54) is 6.07 Å². The number of hydrogen-bond acceptors (Lipinski definition) is 6. The lowest BCUT2D eigenvalue weighted by Crippen LogP contribution is -2.21. The quantitative estimate of drug-likeness (QED) is 0.379. The maximum absolute atomic E-state index is 13.6. The van der Waals surface area contributed by atoms with Crippen LogP contribution in [0.3, 0.4) is 0 Å². The van der Waals surface area contributed by atoms with Gasteiger partial charge >= 0.3 is 6.18 Å². The maximum atomic E-state index is 13.6. The Kier molecular flexibility index (Phi) is 5.58. The highest BCUT2D eigenvalue weighted by Crippen LogP contribution is 2.43. The van der Waals surface area contributed by atoms with Crippen molar-refractivity contribution in [2.24, 2.45) is 0 Å². The number of carbonyl (C=O) groups is 1. The second-order valence-electron chi connectivity index (χ2n) is 9.37.